The Bertz CT molecular complexity index is 1000. The van der Waals surface area contributed by atoms with Gasteiger partial charge in [0, 0.05) is 11.3 Å². The van der Waals surface area contributed by atoms with Crippen LogP contribution >= 0.6 is 0 Å². The molecule has 0 saturated carbocycles. The number of primary sulfonamides is 1. The van der Waals surface area contributed by atoms with Crippen LogP contribution in [0.25, 0.3) is 0 Å². The SMILES string of the molecule is Cc1cccc(C(=O)NC(C(=O)Nc2ccc(C)c(S(N)(=O)=O)c2)C(C)C)c1. The molecule has 0 radical (unpaired) electrons. The molecule has 7 nitrogen and oxygen atoms in total. The molecule has 0 aromatic heterocycles. The van der Waals surface area contributed by atoms with Crippen molar-refractivity contribution in [3.8, 4) is 0 Å². The summed E-state index contributed by atoms with van der Waals surface area (Å²) in [6, 6.07) is 10.7. The molecule has 0 heterocycles. The number of hydrogen-bond donors (Lipinski definition) is 3. The van der Waals surface area contributed by atoms with Gasteiger partial charge in [-0.15, -0.1) is 0 Å². The molecule has 1 unspecified atom stereocenters. The lowest BCUT2D eigenvalue weighted by Crippen LogP contribution is -2.47. The Morgan fingerprint density at radius 1 is 1.04 bits per heavy atom. The molecular weight excluding hydrogens is 378 g/mol. The van der Waals surface area contributed by atoms with Crippen LogP contribution < -0.4 is 15.8 Å². The first-order chi connectivity index (χ1) is 13.0. The van der Waals surface area contributed by atoms with Gasteiger partial charge < -0.3 is 10.6 Å². The monoisotopic (exact) mass is 403 g/mol. The van der Waals surface area contributed by atoms with E-state index in [0.717, 1.165) is 5.56 Å². The molecule has 0 aliphatic heterocycles. The summed E-state index contributed by atoms with van der Waals surface area (Å²) in [5.74, 6) is -0.983. The second-order valence-electron chi connectivity index (χ2n) is 7.08. The smallest absolute Gasteiger partial charge is 0.251 e. The van der Waals surface area contributed by atoms with E-state index >= 15 is 0 Å². The van der Waals surface area contributed by atoms with Crippen molar-refractivity contribution in [2.75, 3.05) is 5.32 Å². The summed E-state index contributed by atoms with van der Waals surface area (Å²) in [4.78, 5) is 25.2. The molecule has 8 heteroatoms. The van der Waals surface area contributed by atoms with E-state index in [9.17, 15) is 18.0 Å². The van der Waals surface area contributed by atoms with E-state index in [2.05, 4.69) is 10.6 Å². The van der Waals surface area contributed by atoms with Gasteiger partial charge in [-0.2, -0.15) is 0 Å². The van der Waals surface area contributed by atoms with Gasteiger partial charge in [-0.3, -0.25) is 9.59 Å². The molecular formula is C20H25N3O4S. The minimum atomic E-state index is -3.91. The summed E-state index contributed by atoms with van der Waals surface area (Å²) in [6.07, 6.45) is 0. The van der Waals surface area contributed by atoms with Crippen LogP contribution in [0, 0.1) is 19.8 Å². The lowest BCUT2D eigenvalue weighted by atomic mass is 10.0. The van der Waals surface area contributed by atoms with Crippen LogP contribution in [0.4, 0.5) is 5.69 Å². The van der Waals surface area contributed by atoms with Crippen molar-refractivity contribution in [1.82, 2.24) is 5.32 Å². The van der Waals surface area contributed by atoms with Crippen LogP contribution in [-0.4, -0.2) is 26.3 Å². The van der Waals surface area contributed by atoms with E-state index in [1.165, 1.54) is 6.07 Å². The van der Waals surface area contributed by atoms with Gasteiger partial charge in [0.25, 0.3) is 5.91 Å². The zero-order valence-electron chi connectivity index (χ0n) is 16.3. The number of nitrogens with one attached hydrogen (secondary N) is 2. The molecule has 2 aromatic carbocycles. The van der Waals surface area contributed by atoms with Gasteiger partial charge in [-0.25, -0.2) is 13.6 Å². The zero-order valence-corrected chi connectivity index (χ0v) is 17.1. The van der Waals surface area contributed by atoms with E-state index in [1.54, 1.807) is 37.3 Å². The Labute approximate surface area is 165 Å². The topological polar surface area (TPSA) is 118 Å². The summed E-state index contributed by atoms with van der Waals surface area (Å²) in [6.45, 7) is 7.12. The Kier molecular flexibility index (Phi) is 6.58. The summed E-state index contributed by atoms with van der Waals surface area (Å²) >= 11 is 0. The highest BCUT2D eigenvalue weighted by Gasteiger charge is 2.25. The number of sulfonamides is 1. The Balaban J connectivity index is 2.21. The number of hydrogen-bond acceptors (Lipinski definition) is 4. The molecule has 2 amide bonds. The van der Waals surface area contributed by atoms with Crippen LogP contribution in [0.2, 0.25) is 0 Å². The van der Waals surface area contributed by atoms with Crippen LogP contribution in [0.5, 0.6) is 0 Å². The summed E-state index contributed by atoms with van der Waals surface area (Å²) in [5.41, 5.74) is 2.17. The number of nitrogens with two attached hydrogens (primary N) is 1. The average molecular weight is 404 g/mol. The maximum absolute atomic E-state index is 12.7. The largest absolute Gasteiger partial charge is 0.340 e. The van der Waals surface area contributed by atoms with Gasteiger partial charge in [-0.1, -0.05) is 37.6 Å². The van der Waals surface area contributed by atoms with Crippen LogP contribution in [0.3, 0.4) is 0 Å². The van der Waals surface area contributed by atoms with Crippen molar-refractivity contribution in [2.45, 2.75) is 38.6 Å². The second kappa shape index (κ2) is 8.53. The lowest BCUT2D eigenvalue weighted by Gasteiger charge is -2.22. The highest BCUT2D eigenvalue weighted by Crippen LogP contribution is 2.19. The van der Waals surface area contributed by atoms with Crippen LogP contribution in [0.1, 0.15) is 35.3 Å². The minimum Gasteiger partial charge on any atom is -0.340 e. The van der Waals surface area contributed by atoms with Gasteiger partial charge in [0.05, 0.1) is 4.90 Å². The summed E-state index contributed by atoms with van der Waals surface area (Å²) in [7, 11) is -3.91. The predicted octanol–water partition coefficient (Wildman–Crippen LogP) is 2.34. The van der Waals surface area contributed by atoms with Gasteiger partial charge in [-0.05, 0) is 49.6 Å². The fourth-order valence-electron chi connectivity index (χ4n) is 2.75. The molecule has 0 fully saturated rings. The molecule has 1 atom stereocenters. The maximum Gasteiger partial charge on any atom is 0.251 e. The molecule has 150 valence electrons. The van der Waals surface area contributed by atoms with E-state index in [0.29, 0.717) is 11.1 Å². The third-order valence-corrected chi connectivity index (χ3v) is 5.33. The zero-order chi connectivity index (χ0) is 21.1. The first-order valence-corrected chi connectivity index (χ1v) is 10.4. The highest BCUT2D eigenvalue weighted by molar-refractivity contribution is 7.89. The fraction of sp³-hybridized carbons (Fsp3) is 0.300. The van der Waals surface area contributed by atoms with E-state index in [-0.39, 0.29) is 22.4 Å². The van der Waals surface area contributed by atoms with E-state index < -0.39 is 22.0 Å². The third kappa shape index (κ3) is 5.40. The van der Waals surface area contributed by atoms with Crippen molar-refractivity contribution in [1.29, 1.82) is 0 Å². The third-order valence-electron chi connectivity index (χ3n) is 4.28. The molecule has 0 saturated heterocycles. The first-order valence-electron chi connectivity index (χ1n) is 8.81. The van der Waals surface area contributed by atoms with Crippen molar-refractivity contribution in [2.24, 2.45) is 11.1 Å². The number of amides is 2. The Morgan fingerprint density at radius 3 is 2.29 bits per heavy atom. The molecule has 0 spiro atoms. The van der Waals surface area contributed by atoms with Crippen LogP contribution in [-0.2, 0) is 14.8 Å². The molecule has 4 N–H and O–H groups in total. The number of aryl methyl sites for hydroxylation is 2. The average Bonchev–Trinajstić information content (AvgIpc) is 2.59. The molecule has 0 aliphatic rings. The lowest BCUT2D eigenvalue weighted by molar-refractivity contribution is -0.118. The highest BCUT2D eigenvalue weighted by atomic mass is 32.2. The fourth-order valence-corrected chi connectivity index (χ4v) is 3.56. The van der Waals surface area contributed by atoms with Crippen LogP contribution in [0.15, 0.2) is 47.4 Å². The second-order valence-corrected chi connectivity index (χ2v) is 8.61. The molecule has 28 heavy (non-hydrogen) atoms. The number of anilines is 1. The number of benzene rings is 2. The number of carbonyl (C=O) groups excluding carboxylic acids is 2. The van der Waals surface area contributed by atoms with Gasteiger partial charge >= 0.3 is 0 Å². The van der Waals surface area contributed by atoms with Gasteiger partial charge in [0.1, 0.15) is 6.04 Å². The predicted molar refractivity (Wildman–Crippen MR) is 108 cm³/mol. The van der Waals surface area contributed by atoms with Crippen molar-refractivity contribution in [3.63, 3.8) is 0 Å². The summed E-state index contributed by atoms with van der Waals surface area (Å²) < 4.78 is 23.3. The normalized spacial score (nSPS) is 12.5. The molecule has 2 aromatic rings. The molecule has 0 aliphatic carbocycles. The van der Waals surface area contributed by atoms with E-state index in [4.69, 9.17) is 5.14 Å². The van der Waals surface area contributed by atoms with E-state index in [1.807, 2.05) is 26.8 Å². The Hall–Kier alpha value is -2.71. The minimum absolute atomic E-state index is 0.0600. The quantitative estimate of drug-likeness (QED) is 0.686. The van der Waals surface area contributed by atoms with Gasteiger partial charge in [0.15, 0.2) is 0 Å². The Morgan fingerprint density at radius 2 is 1.71 bits per heavy atom. The maximum atomic E-state index is 12.7. The molecule has 2 rings (SSSR count). The summed E-state index contributed by atoms with van der Waals surface area (Å²) in [5, 5.41) is 10.6. The number of rotatable bonds is 6. The van der Waals surface area contributed by atoms with Gasteiger partial charge in [0.2, 0.25) is 15.9 Å². The van der Waals surface area contributed by atoms with Crippen molar-refractivity contribution < 1.29 is 18.0 Å². The van der Waals surface area contributed by atoms with Crippen molar-refractivity contribution >= 4 is 27.5 Å². The number of carbonyl (C=O) groups is 2. The first kappa shape index (κ1) is 21.6. The van der Waals surface area contributed by atoms with Crippen molar-refractivity contribution in [3.05, 3.63) is 59.2 Å². The standard InChI is InChI=1S/C20H25N3O4S/c1-12(2)18(23-19(24)15-7-5-6-13(3)10-15)20(25)22-16-9-8-14(4)17(11-16)28(21,26)27/h5-12,18H,1-4H3,(H,22,25)(H,23,24)(H2,21,26,27). The molecule has 0 bridgehead atoms.